The van der Waals surface area contributed by atoms with Gasteiger partial charge in [0.05, 0.1) is 17.5 Å². The lowest BCUT2D eigenvalue weighted by atomic mass is 9.94. The number of carbonyl (C=O) groups is 1. The second kappa shape index (κ2) is 7.34. The minimum absolute atomic E-state index is 0.00286. The molecule has 1 N–H and O–H groups in total. The van der Waals surface area contributed by atoms with Gasteiger partial charge >= 0.3 is 5.97 Å². The van der Waals surface area contributed by atoms with E-state index in [1.165, 1.54) is 6.20 Å². The Balaban J connectivity index is 1.66. The summed E-state index contributed by atoms with van der Waals surface area (Å²) in [7, 11) is 0. The van der Waals surface area contributed by atoms with Gasteiger partial charge in [0, 0.05) is 31.4 Å². The largest absolute Gasteiger partial charge is 0.462 e. The fourth-order valence-electron chi connectivity index (χ4n) is 4.95. The van der Waals surface area contributed by atoms with Crippen LogP contribution in [-0.4, -0.2) is 42.8 Å². The third-order valence-electron chi connectivity index (χ3n) is 6.53. The highest BCUT2D eigenvalue weighted by Crippen LogP contribution is 2.40. The first-order valence-corrected chi connectivity index (χ1v) is 10.7. The van der Waals surface area contributed by atoms with Crippen LogP contribution in [0, 0.1) is 17.6 Å². The van der Waals surface area contributed by atoms with Crippen molar-refractivity contribution in [3.8, 4) is 0 Å². The molecule has 2 unspecified atom stereocenters. The minimum atomic E-state index is -0.765. The monoisotopic (exact) mass is 417 g/mol. The molecule has 5 rings (SSSR count). The molecule has 0 amide bonds. The molecule has 3 aliphatic rings. The Morgan fingerprint density at radius 2 is 2.07 bits per heavy atom. The van der Waals surface area contributed by atoms with Crippen LogP contribution in [0.25, 0.3) is 10.9 Å². The molecule has 160 valence electrons. The molecule has 1 saturated carbocycles. The average molecular weight is 417 g/mol. The van der Waals surface area contributed by atoms with Crippen molar-refractivity contribution in [2.75, 3.05) is 31.1 Å². The predicted octanol–water partition coefficient (Wildman–Crippen LogP) is 2.98. The first-order chi connectivity index (χ1) is 14.5. The Morgan fingerprint density at radius 3 is 2.77 bits per heavy atom. The number of carbonyl (C=O) groups excluding carboxylic acids is 1. The van der Waals surface area contributed by atoms with Crippen LogP contribution >= 0.6 is 0 Å². The third kappa shape index (κ3) is 3.09. The summed E-state index contributed by atoms with van der Waals surface area (Å²) in [6.45, 7) is 3.82. The maximum atomic E-state index is 15.8. The summed E-state index contributed by atoms with van der Waals surface area (Å²) in [6.07, 6.45) is 5.14. The Kier molecular flexibility index (Phi) is 4.76. The van der Waals surface area contributed by atoms with E-state index in [-0.39, 0.29) is 40.8 Å². The smallest absolute Gasteiger partial charge is 0.343 e. The maximum Gasteiger partial charge on any atom is 0.343 e. The van der Waals surface area contributed by atoms with Gasteiger partial charge in [-0.15, -0.1) is 0 Å². The lowest BCUT2D eigenvalue weighted by molar-refractivity contribution is 0.0524. The van der Waals surface area contributed by atoms with Gasteiger partial charge in [-0.1, -0.05) is 0 Å². The van der Waals surface area contributed by atoms with Gasteiger partial charge < -0.3 is 19.5 Å². The van der Waals surface area contributed by atoms with Gasteiger partial charge in [-0.05, 0) is 51.1 Å². The van der Waals surface area contributed by atoms with Gasteiger partial charge in [-0.2, -0.15) is 0 Å². The van der Waals surface area contributed by atoms with Gasteiger partial charge in [-0.25, -0.2) is 13.6 Å². The number of nitrogens with zero attached hydrogens (tertiary/aromatic N) is 2. The zero-order valence-corrected chi connectivity index (χ0v) is 16.9. The van der Waals surface area contributed by atoms with Crippen LogP contribution in [-0.2, 0) is 4.74 Å². The van der Waals surface area contributed by atoms with Crippen molar-refractivity contribution in [3.05, 3.63) is 39.7 Å². The Morgan fingerprint density at radius 1 is 1.27 bits per heavy atom. The molecule has 3 heterocycles. The van der Waals surface area contributed by atoms with Gasteiger partial charge in [-0.3, -0.25) is 4.79 Å². The van der Waals surface area contributed by atoms with E-state index in [0.29, 0.717) is 19.0 Å². The lowest BCUT2D eigenvalue weighted by Gasteiger charge is -2.24. The number of pyridine rings is 1. The summed E-state index contributed by atoms with van der Waals surface area (Å²) in [4.78, 5) is 26.9. The summed E-state index contributed by atoms with van der Waals surface area (Å²) in [6, 6.07) is 1.31. The molecular formula is C22H25F2N3O3. The van der Waals surface area contributed by atoms with Gasteiger partial charge in [0.2, 0.25) is 5.43 Å². The number of hydrogen-bond donors (Lipinski definition) is 1. The molecule has 8 heteroatoms. The summed E-state index contributed by atoms with van der Waals surface area (Å²) in [5.41, 5.74) is -0.869. The van der Waals surface area contributed by atoms with Crippen molar-refractivity contribution < 1.29 is 18.3 Å². The van der Waals surface area contributed by atoms with Crippen LogP contribution in [0.1, 0.15) is 49.0 Å². The molecule has 0 bridgehead atoms. The minimum Gasteiger partial charge on any atom is -0.462 e. The van der Waals surface area contributed by atoms with E-state index in [9.17, 15) is 9.59 Å². The van der Waals surface area contributed by atoms with E-state index in [2.05, 4.69) is 5.32 Å². The number of rotatable bonds is 4. The molecule has 1 aromatic heterocycles. The van der Waals surface area contributed by atoms with Crippen LogP contribution in [0.5, 0.6) is 0 Å². The fourth-order valence-corrected chi connectivity index (χ4v) is 4.95. The highest BCUT2D eigenvalue weighted by atomic mass is 19.1. The number of fused-ring (bicyclic) bond motifs is 2. The van der Waals surface area contributed by atoms with Crippen molar-refractivity contribution >= 4 is 22.6 Å². The van der Waals surface area contributed by atoms with Crippen molar-refractivity contribution in [2.45, 2.75) is 44.7 Å². The molecule has 2 saturated heterocycles. The Bertz CT molecular complexity index is 1070. The zero-order chi connectivity index (χ0) is 21.0. The predicted molar refractivity (Wildman–Crippen MR) is 109 cm³/mol. The molecule has 30 heavy (non-hydrogen) atoms. The fraction of sp³-hybridized carbons (Fsp3) is 0.545. The third-order valence-corrected chi connectivity index (χ3v) is 6.53. The number of ether oxygens (including phenoxy) is 1. The highest BCUT2D eigenvalue weighted by Gasteiger charge is 2.38. The number of benzene rings is 1. The maximum absolute atomic E-state index is 15.8. The first kappa shape index (κ1) is 19.5. The molecule has 0 spiro atoms. The van der Waals surface area contributed by atoms with E-state index in [1.54, 1.807) is 16.4 Å². The second-order valence-corrected chi connectivity index (χ2v) is 8.52. The number of halogens is 2. The van der Waals surface area contributed by atoms with Crippen LogP contribution in [0.2, 0.25) is 0 Å². The second-order valence-electron chi connectivity index (χ2n) is 8.52. The van der Waals surface area contributed by atoms with E-state index in [4.69, 9.17) is 4.74 Å². The van der Waals surface area contributed by atoms with Crippen LogP contribution in [0.4, 0.5) is 14.5 Å². The van der Waals surface area contributed by atoms with E-state index < -0.39 is 23.0 Å². The van der Waals surface area contributed by atoms with Crippen molar-refractivity contribution in [1.29, 1.82) is 0 Å². The van der Waals surface area contributed by atoms with Crippen LogP contribution in [0.15, 0.2) is 17.1 Å². The van der Waals surface area contributed by atoms with E-state index >= 15 is 8.78 Å². The summed E-state index contributed by atoms with van der Waals surface area (Å²) < 4.78 is 37.5. The van der Waals surface area contributed by atoms with Gasteiger partial charge in [0.1, 0.15) is 17.1 Å². The normalized spacial score (nSPS) is 23.6. The van der Waals surface area contributed by atoms with Gasteiger partial charge in [0.15, 0.2) is 5.82 Å². The van der Waals surface area contributed by atoms with Crippen LogP contribution in [0.3, 0.4) is 0 Å². The van der Waals surface area contributed by atoms with Gasteiger partial charge in [0.25, 0.3) is 0 Å². The number of piperidine rings is 1. The molecule has 6 nitrogen and oxygen atoms in total. The molecule has 2 aromatic rings. The Labute approximate surface area is 172 Å². The molecule has 3 fully saturated rings. The molecule has 2 atom stereocenters. The number of esters is 1. The van der Waals surface area contributed by atoms with E-state index in [1.807, 2.05) is 0 Å². The first-order valence-electron chi connectivity index (χ1n) is 10.7. The molecule has 2 aliphatic heterocycles. The van der Waals surface area contributed by atoms with E-state index in [0.717, 1.165) is 38.3 Å². The number of nitrogens with one attached hydrogen (secondary N) is 1. The summed E-state index contributed by atoms with van der Waals surface area (Å²) in [5, 5.41) is 3.33. The zero-order valence-electron chi connectivity index (χ0n) is 16.9. The SMILES string of the molecule is CCOC(=O)c1cn(C2CC2)c2c(F)c(N3CC4CCCNC4C3)c(F)cc2c1=O. The highest BCUT2D eigenvalue weighted by molar-refractivity contribution is 5.95. The van der Waals surface area contributed by atoms with Crippen molar-refractivity contribution in [1.82, 2.24) is 9.88 Å². The molecule has 0 radical (unpaired) electrons. The average Bonchev–Trinajstić information content (AvgIpc) is 3.47. The quantitative estimate of drug-likeness (QED) is 0.775. The van der Waals surface area contributed by atoms with Crippen LogP contribution < -0.4 is 15.6 Å². The molecular weight excluding hydrogens is 392 g/mol. The summed E-state index contributed by atoms with van der Waals surface area (Å²) >= 11 is 0. The topological polar surface area (TPSA) is 63.6 Å². The molecule has 1 aromatic carbocycles. The lowest BCUT2D eigenvalue weighted by Crippen LogP contribution is -2.40. The standard InChI is InChI=1S/C22H25F2N3O3/c1-2-30-22(29)15-10-27(13-5-6-13)19-14(21(15)28)8-16(23)20(18(19)24)26-9-12-4-3-7-25-17(12)11-26/h8,10,12-13,17,25H,2-7,9,11H2,1H3. The van der Waals surface area contributed by atoms with Crippen molar-refractivity contribution in [3.63, 3.8) is 0 Å². The number of hydrogen-bond acceptors (Lipinski definition) is 5. The Hall–Kier alpha value is -2.48. The number of aromatic nitrogens is 1. The molecule has 1 aliphatic carbocycles. The number of anilines is 1. The summed E-state index contributed by atoms with van der Waals surface area (Å²) in [5.74, 6) is -1.88. The van der Waals surface area contributed by atoms with Crippen molar-refractivity contribution in [2.24, 2.45) is 5.92 Å².